The fourth-order valence-corrected chi connectivity index (χ4v) is 2.67. The van der Waals surface area contributed by atoms with E-state index in [1.165, 1.54) is 24.3 Å². The van der Waals surface area contributed by atoms with Crippen LogP contribution in [0.5, 0.6) is 0 Å². The maximum atomic E-state index is 12.0. The summed E-state index contributed by atoms with van der Waals surface area (Å²) in [6.45, 7) is 0. The predicted molar refractivity (Wildman–Crippen MR) is 91.6 cm³/mol. The smallest absolute Gasteiger partial charge is 0.339 e. The number of rotatable bonds is 5. The zero-order chi connectivity index (χ0) is 18.7. The minimum atomic E-state index is -0.853. The van der Waals surface area contributed by atoms with Crippen LogP contribution in [0, 0.1) is 10.1 Å². The van der Waals surface area contributed by atoms with Gasteiger partial charge in [0.1, 0.15) is 6.10 Å². The van der Waals surface area contributed by atoms with E-state index in [1.54, 1.807) is 24.3 Å². The molecule has 2 aromatic carbocycles. The van der Waals surface area contributed by atoms with Gasteiger partial charge >= 0.3 is 12.0 Å². The molecule has 0 saturated carbocycles. The molecule has 1 atom stereocenters. The van der Waals surface area contributed by atoms with Gasteiger partial charge in [-0.2, -0.15) is 5.10 Å². The molecule has 3 N–H and O–H groups in total. The Kier molecular flexibility index (Phi) is 4.61. The number of urea groups is 1. The SMILES string of the molecule is NC(=O)N/N=C(/C[C@@H]1OC(=O)c2ccccc21)c1ccc([N+](=O)[O-])cc1. The molecule has 0 fully saturated rings. The molecule has 0 aromatic heterocycles. The lowest BCUT2D eigenvalue weighted by atomic mass is 9.98. The molecule has 0 aliphatic carbocycles. The maximum Gasteiger partial charge on any atom is 0.339 e. The summed E-state index contributed by atoms with van der Waals surface area (Å²) in [7, 11) is 0. The quantitative estimate of drug-likeness (QED) is 0.367. The molecule has 9 nitrogen and oxygen atoms in total. The van der Waals surface area contributed by atoms with Crippen molar-refractivity contribution in [3.8, 4) is 0 Å². The van der Waals surface area contributed by atoms with Gasteiger partial charge in [0.15, 0.2) is 0 Å². The average Bonchev–Trinajstić information content (AvgIpc) is 2.95. The van der Waals surface area contributed by atoms with Crippen molar-refractivity contribution in [2.45, 2.75) is 12.5 Å². The Morgan fingerprint density at radius 2 is 1.92 bits per heavy atom. The highest BCUT2D eigenvalue weighted by atomic mass is 16.6. The van der Waals surface area contributed by atoms with Gasteiger partial charge in [-0.3, -0.25) is 10.1 Å². The monoisotopic (exact) mass is 354 g/mol. The van der Waals surface area contributed by atoms with E-state index in [9.17, 15) is 19.7 Å². The van der Waals surface area contributed by atoms with E-state index in [0.717, 1.165) is 0 Å². The number of ether oxygens (including phenoxy) is 1. The minimum absolute atomic E-state index is 0.0754. The molecule has 0 unspecified atom stereocenters. The first-order valence-electron chi connectivity index (χ1n) is 7.62. The van der Waals surface area contributed by atoms with Crippen molar-refractivity contribution in [1.29, 1.82) is 0 Å². The lowest BCUT2D eigenvalue weighted by Crippen LogP contribution is -2.26. The highest BCUT2D eigenvalue weighted by Gasteiger charge is 2.31. The van der Waals surface area contributed by atoms with Crippen molar-refractivity contribution in [3.63, 3.8) is 0 Å². The summed E-state index contributed by atoms with van der Waals surface area (Å²) < 4.78 is 5.38. The number of amides is 2. The van der Waals surface area contributed by atoms with Crippen LogP contribution in [-0.2, 0) is 4.74 Å². The molecule has 0 bridgehead atoms. The third-order valence-electron chi connectivity index (χ3n) is 3.87. The lowest BCUT2D eigenvalue weighted by Gasteiger charge is -2.13. The molecule has 2 aromatic rings. The van der Waals surface area contributed by atoms with Gasteiger partial charge in [-0.1, -0.05) is 18.2 Å². The predicted octanol–water partition coefficient (Wildman–Crippen LogP) is 2.27. The zero-order valence-corrected chi connectivity index (χ0v) is 13.4. The van der Waals surface area contributed by atoms with Crippen LogP contribution < -0.4 is 11.2 Å². The summed E-state index contributed by atoms with van der Waals surface area (Å²) in [5.74, 6) is -0.434. The number of hydrogen-bond acceptors (Lipinski definition) is 6. The Hall–Kier alpha value is -3.75. The Morgan fingerprint density at radius 1 is 1.23 bits per heavy atom. The van der Waals surface area contributed by atoms with E-state index in [4.69, 9.17) is 10.5 Å². The van der Waals surface area contributed by atoms with E-state index in [1.807, 2.05) is 0 Å². The number of nitro benzene ring substituents is 1. The summed E-state index contributed by atoms with van der Waals surface area (Å²) in [6.07, 6.45) is -0.414. The first kappa shape index (κ1) is 17.1. The number of non-ortho nitro benzene ring substituents is 1. The van der Waals surface area contributed by atoms with Crippen LogP contribution in [0.15, 0.2) is 53.6 Å². The van der Waals surface area contributed by atoms with E-state index in [2.05, 4.69) is 10.5 Å². The summed E-state index contributed by atoms with van der Waals surface area (Å²) in [6, 6.07) is 11.8. The van der Waals surface area contributed by atoms with Crippen LogP contribution in [-0.4, -0.2) is 22.6 Å². The van der Waals surface area contributed by atoms with Crippen LogP contribution in [0.3, 0.4) is 0 Å². The number of nitro groups is 1. The summed E-state index contributed by atoms with van der Waals surface area (Å²) in [5, 5.41) is 14.8. The molecule has 2 amide bonds. The van der Waals surface area contributed by atoms with E-state index in [0.29, 0.717) is 22.4 Å². The number of primary amides is 1. The van der Waals surface area contributed by atoms with E-state index >= 15 is 0 Å². The number of hydrogen-bond donors (Lipinski definition) is 2. The molecular weight excluding hydrogens is 340 g/mol. The largest absolute Gasteiger partial charge is 0.453 e. The van der Waals surface area contributed by atoms with Crippen LogP contribution in [0.2, 0.25) is 0 Å². The fourth-order valence-electron chi connectivity index (χ4n) is 2.67. The Labute approximate surface area is 147 Å². The second-order valence-corrected chi connectivity index (χ2v) is 5.52. The first-order valence-corrected chi connectivity index (χ1v) is 7.62. The third kappa shape index (κ3) is 3.51. The Balaban J connectivity index is 1.90. The van der Waals surface area contributed by atoms with Crippen LogP contribution in [0.25, 0.3) is 0 Å². The number of nitrogens with zero attached hydrogens (tertiary/aromatic N) is 2. The Morgan fingerprint density at radius 3 is 2.58 bits per heavy atom. The van der Waals surface area contributed by atoms with Crippen molar-refractivity contribution < 1.29 is 19.2 Å². The van der Waals surface area contributed by atoms with Crippen molar-refractivity contribution >= 4 is 23.4 Å². The van der Waals surface area contributed by atoms with Crippen molar-refractivity contribution in [2.75, 3.05) is 0 Å². The summed E-state index contributed by atoms with van der Waals surface area (Å²) in [4.78, 5) is 33.2. The molecule has 26 heavy (non-hydrogen) atoms. The van der Waals surface area contributed by atoms with Gasteiger partial charge in [0.2, 0.25) is 0 Å². The molecule has 1 heterocycles. The summed E-state index contributed by atoms with van der Waals surface area (Å²) >= 11 is 0. The number of nitrogens with two attached hydrogens (primary N) is 1. The molecule has 0 spiro atoms. The van der Waals surface area contributed by atoms with Gasteiger partial charge in [0.05, 0.1) is 16.2 Å². The molecule has 1 aliphatic heterocycles. The summed E-state index contributed by atoms with van der Waals surface area (Å²) in [5.41, 5.74) is 9.22. The molecule has 9 heteroatoms. The number of esters is 1. The Bertz CT molecular complexity index is 908. The number of cyclic esters (lactones) is 1. The van der Waals surface area contributed by atoms with Gasteiger partial charge < -0.3 is 10.5 Å². The highest BCUT2D eigenvalue weighted by Crippen LogP contribution is 2.34. The minimum Gasteiger partial charge on any atom is -0.453 e. The number of carbonyl (C=O) groups is 2. The standard InChI is InChI=1S/C17H14N4O5/c18-17(23)20-19-14(10-5-7-11(8-6-10)21(24)25)9-15-12-3-1-2-4-13(12)16(22)26-15/h1-8,15H,9H2,(H3,18,20,23)/b19-14-/t15-/m0/s1. The average molecular weight is 354 g/mol. The molecule has 0 radical (unpaired) electrons. The van der Waals surface area contributed by atoms with E-state index < -0.39 is 23.0 Å². The van der Waals surface area contributed by atoms with Gasteiger partial charge in [-0.15, -0.1) is 0 Å². The number of hydrazone groups is 1. The normalized spacial score (nSPS) is 15.9. The lowest BCUT2D eigenvalue weighted by molar-refractivity contribution is -0.384. The molecule has 3 rings (SSSR count). The van der Waals surface area contributed by atoms with Crippen LogP contribution in [0.4, 0.5) is 10.5 Å². The number of benzene rings is 2. The molecule has 132 valence electrons. The van der Waals surface area contributed by atoms with Crippen molar-refractivity contribution in [2.24, 2.45) is 10.8 Å². The van der Waals surface area contributed by atoms with Crippen molar-refractivity contribution in [1.82, 2.24) is 5.43 Å². The van der Waals surface area contributed by atoms with Crippen molar-refractivity contribution in [3.05, 3.63) is 75.3 Å². The number of fused-ring (bicyclic) bond motifs is 1. The topological polar surface area (TPSA) is 137 Å². The van der Waals surface area contributed by atoms with Gasteiger partial charge in [-0.05, 0) is 23.8 Å². The van der Waals surface area contributed by atoms with Gasteiger partial charge in [0, 0.05) is 24.1 Å². The second-order valence-electron chi connectivity index (χ2n) is 5.52. The zero-order valence-electron chi connectivity index (χ0n) is 13.4. The number of carbonyl (C=O) groups excluding carboxylic acids is 2. The fraction of sp³-hybridized carbons (Fsp3) is 0.118. The van der Waals surface area contributed by atoms with Gasteiger partial charge in [0.25, 0.3) is 5.69 Å². The third-order valence-corrected chi connectivity index (χ3v) is 3.87. The first-order chi connectivity index (χ1) is 12.5. The molecule has 1 aliphatic rings. The second kappa shape index (κ2) is 7.01. The maximum absolute atomic E-state index is 12.0. The molecule has 0 saturated heterocycles. The van der Waals surface area contributed by atoms with Gasteiger partial charge in [-0.25, -0.2) is 15.0 Å². The van der Waals surface area contributed by atoms with Crippen LogP contribution in [0.1, 0.15) is 34.0 Å². The molecular formula is C17H14N4O5. The highest BCUT2D eigenvalue weighted by molar-refractivity contribution is 6.02. The van der Waals surface area contributed by atoms with Crippen LogP contribution >= 0.6 is 0 Å². The number of nitrogens with one attached hydrogen (secondary N) is 1. The van der Waals surface area contributed by atoms with E-state index in [-0.39, 0.29) is 12.1 Å².